The number of ether oxygens (including phenoxy) is 1. The van der Waals surface area contributed by atoms with Gasteiger partial charge in [-0.05, 0) is 18.9 Å². The van der Waals surface area contributed by atoms with E-state index < -0.39 is 27.2 Å². The van der Waals surface area contributed by atoms with Crippen LogP contribution in [0.15, 0.2) is 12.3 Å². The van der Waals surface area contributed by atoms with Crippen molar-refractivity contribution in [2.75, 3.05) is 13.7 Å². The predicted molar refractivity (Wildman–Crippen MR) is 77.0 cm³/mol. The highest BCUT2D eigenvalue weighted by Gasteiger charge is 2.41. The SMILES string of the molecule is COC(=O)C1CCCC1S(=O)(=O)NCCc1ccnn1C. The van der Waals surface area contributed by atoms with Crippen LogP contribution in [0, 0.1) is 5.92 Å². The standard InChI is InChI=1S/C13H21N3O4S/c1-16-10(6-8-14-16)7-9-15-21(18,19)12-5-3-4-11(12)13(17)20-2/h6,8,11-12,15H,3-5,7,9H2,1-2H3. The second-order valence-electron chi connectivity index (χ2n) is 5.23. The molecule has 0 saturated heterocycles. The molecule has 1 heterocycles. The van der Waals surface area contributed by atoms with Crippen molar-refractivity contribution in [1.29, 1.82) is 0 Å². The molecule has 2 unspecified atom stereocenters. The summed E-state index contributed by atoms with van der Waals surface area (Å²) < 4.78 is 33.7. The lowest BCUT2D eigenvalue weighted by Crippen LogP contribution is -2.40. The van der Waals surface area contributed by atoms with Crippen LogP contribution < -0.4 is 4.72 Å². The molecule has 8 heteroatoms. The van der Waals surface area contributed by atoms with Crippen LogP contribution in [0.25, 0.3) is 0 Å². The number of nitrogens with one attached hydrogen (secondary N) is 1. The van der Waals surface area contributed by atoms with Crippen LogP contribution in [0.2, 0.25) is 0 Å². The quantitative estimate of drug-likeness (QED) is 0.759. The zero-order valence-corrected chi connectivity index (χ0v) is 13.1. The van der Waals surface area contributed by atoms with E-state index in [0.717, 1.165) is 12.1 Å². The molecule has 118 valence electrons. The number of methoxy groups -OCH3 is 1. The number of carbonyl (C=O) groups is 1. The van der Waals surface area contributed by atoms with Gasteiger partial charge in [-0.2, -0.15) is 5.10 Å². The van der Waals surface area contributed by atoms with Crippen LogP contribution >= 0.6 is 0 Å². The van der Waals surface area contributed by atoms with Gasteiger partial charge in [0.25, 0.3) is 0 Å². The molecule has 2 atom stereocenters. The molecule has 0 aliphatic heterocycles. The summed E-state index contributed by atoms with van der Waals surface area (Å²) in [5, 5.41) is 3.35. The maximum Gasteiger partial charge on any atom is 0.310 e. The molecular formula is C13H21N3O4S. The van der Waals surface area contributed by atoms with Crippen molar-refractivity contribution >= 4 is 16.0 Å². The molecule has 7 nitrogen and oxygen atoms in total. The smallest absolute Gasteiger partial charge is 0.310 e. The van der Waals surface area contributed by atoms with Gasteiger partial charge >= 0.3 is 5.97 Å². The van der Waals surface area contributed by atoms with E-state index in [1.807, 2.05) is 13.1 Å². The van der Waals surface area contributed by atoms with Crippen molar-refractivity contribution in [3.8, 4) is 0 Å². The highest BCUT2D eigenvalue weighted by molar-refractivity contribution is 7.90. The van der Waals surface area contributed by atoms with Gasteiger partial charge in [0.05, 0.1) is 18.3 Å². The van der Waals surface area contributed by atoms with E-state index in [2.05, 4.69) is 9.82 Å². The normalized spacial score (nSPS) is 22.4. The minimum absolute atomic E-state index is 0.298. The number of hydrogen-bond acceptors (Lipinski definition) is 5. The monoisotopic (exact) mass is 315 g/mol. The third-order valence-electron chi connectivity index (χ3n) is 3.96. The van der Waals surface area contributed by atoms with Crippen molar-refractivity contribution in [2.45, 2.75) is 30.9 Å². The fourth-order valence-electron chi connectivity index (χ4n) is 2.79. The van der Waals surface area contributed by atoms with E-state index >= 15 is 0 Å². The van der Waals surface area contributed by atoms with E-state index in [4.69, 9.17) is 4.74 Å². The van der Waals surface area contributed by atoms with Gasteiger partial charge in [-0.3, -0.25) is 9.48 Å². The van der Waals surface area contributed by atoms with E-state index in [1.165, 1.54) is 7.11 Å². The lowest BCUT2D eigenvalue weighted by molar-refractivity contribution is -0.145. The first kappa shape index (κ1) is 16.0. The number of aryl methyl sites for hydroxylation is 1. The fourth-order valence-corrected chi connectivity index (χ4v) is 4.55. The Hall–Kier alpha value is -1.41. The van der Waals surface area contributed by atoms with Gasteiger partial charge < -0.3 is 4.74 Å². The first-order chi connectivity index (χ1) is 9.95. The zero-order valence-electron chi connectivity index (χ0n) is 12.3. The second-order valence-corrected chi connectivity index (χ2v) is 7.22. The van der Waals surface area contributed by atoms with Gasteiger partial charge in [0.2, 0.25) is 10.0 Å². The Balaban J connectivity index is 1.95. The molecule has 0 bridgehead atoms. The predicted octanol–water partition coefficient (Wildman–Crippen LogP) is 0.224. The Morgan fingerprint density at radius 1 is 1.52 bits per heavy atom. The van der Waals surface area contributed by atoms with Crippen LogP contribution in [-0.2, 0) is 33.0 Å². The molecule has 1 N–H and O–H groups in total. The number of aromatic nitrogens is 2. The van der Waals surface area contributed by atoms with Crippen LogP contribution in [0.4, 0.5) is 0 Å². The Labute approximate surface area is 124 Å². The van der Waals surface area contributed by atoms with Crippen LogP contribution in [0.5, 0.6) is 0 Å². The second kappa shape index (κ2) is 6.57. The molecule has 21 heavy (non-hydrogen) atoms. The average molecular weight is 315 g/mol. The van der Waals surface area contributed by atoms with Crippen LogP contribution in [-0.4, -0.2) is 43.1 Å². The minimum atomic E-state index is -3.51. The summed E-state index contributed by atoms with van der Waals surface area (Å²) in [6, 6.07) is 1.85. The van der Waals surface area contributed by atoms with Crippen molar-refractivity contribution in [3.05, 3.63) is 18.0 Å². The number of hydrogen-bond donors (Lipinski definition) is 1. The molecule has 1 saturated carbocycles. The number of esters is 1. The highest BCUT2D eigenvalue weighted by Crippen LogP contribution is 2.31. The molecule has 1 aliphatic carbocycles. The van der Waals surface area contributed by atoms with Gasteiger partial charge in [0.15, 0.2) is 0 Å². The van der Waals surface area contributed by atoms with Crippen molar-refractivity contribution in [3.63, 3.8) is 0 Å². The molecule has 0 spiro atoms. The number of rotatable bonds is 6. The third-order valence-corrected chi connectivity index (χ3v) is 5.93. The summed E-state index contributed by atoms with van der Waals surface area (Å²) in [4.78, 5) is 11.7. The number of carbonyl (C=O) groups excluding carboxylic acids is 1. The highest BCUT2D eigenvalue weighted by atomic mass is 32.2. The van der Waals surface area contributed by atoms with Crippen molar-refractivity contribution in [2.24, 2.45) is 13.0 Å². The Bertz CT molecular complexity index is 596. The number of nitrogens with zero attached hydrogens (tertiary/aromatic N) is 2. The Morgan fingerprint density at radius 3 is 2.90 bits per heavy atom. The maximum absolute atomic E-state index is 12.3. The Kier molecular flexibility index (Phi) is 5.00. The molecule has 0 aromatic carbocycles. The molecule has 0 amide bonds. The first-order valence-electron chi connectivity index (χ1n) is 6.99. The van der Waals surface area contributed by atoms with Crippen molar-refractivity contribution in [1.82, 2.24) is 14.5 Å². The summed E-state index contributed by atoms with van der Waals surface area (Å²) in [6.07, 6.45) is 4.04. The van der Waals surface area contributed by atoms with Gasteiger partial charge in [0, 0.05) is 31.9 Å². The lowest BCUT2D eigenvalue weighted by Gasteiger charge is -2.18. The van der Waals surface area contributed by atoms with Gasteiger partial charge in [-0.15, -0.1) is 0 Å². The summed E-state index contributed by atoms with van der Waals surface area (Å²) in [5.74, 6) is -0.987. The van der Waals surface area contributed by atoms with Gasteiger partial charge in [0.1, 0.15) is 0 Å². The molecule has 1 fully saturated rings. The zero-order chi connectivity index (χ0) is 15.5. The number of sulfonamides is 1. The third kappa shape index (κ3) is 3.62. The van der Waals surface area contributed by atoms with Crippen molar-refractivity contribution < 1.29 is 17.9 Å². The summed E-state index contributed by atoms with van der Waals surface area (Å²) in [6.45, 7) is 0.298. The van der Waals surface area contributed by atoms with Gasteiger partial charge in [-0.25, -0.2) is 13.1 Å². The largest absolute Gasteiger partial charge is 0.469 e. The summed E-state index contributed by atoms with van der Waals surface area (Å²) >= 11 is 0. The maximum atomic E-state index is 12.3. The van der Waals surface area contributed by atoms with E-state index in [9.17, 15) is 13.2 Å². The van der Waals surface area contributed by atoms with E-state index in [-0.39, 0.29) is 0 Å². The average Bonchev–Trinajstić information content (AvgIpc) is 3.07. The summed E-state index contributed by atoms with van der Waals surface area (Å²) in [7, 11) is -0.405. The molecule has 1 aromatic rings. The Morgan fingerprint density at radius 2 is 2.29 bits per heavy atom. The first-order valence-corrected chi connectivity index (χ1v) is 8.53. The fraction of sp³-hybridized carbons (Fsp3) is 0.692. The van der Waals surface area contributed by atoms with Gasteiger partial charge in [-0.1, -0.05) is 6.42 Å². The molecular weight excluding hydrogens is 294 g/mol. The molecule has 2 rings (SSSR count). The minimum Gasteiger partial charge on any atom is -0.469 e. The molecule has 1 aromatic heterocycles. The van der Waals surface area contributed by atoms with E-state index in [1.54, 1.807) is 10.9 Å². The topological polar surface area (TPSA) is 90.3 Å². The summed E-state index contributed by atoms with van der Waals surface area (Å²) in [5.41, 5.74) is 0.952. The molecule has 1 aliphatic rings. The molecule has 0 radical (unpaired) electrons. The van der Waals surface area contributed by atoms with E-state index in [0.29, 0.717) is 25.8 Å². The van der Waals surface area contributed by atoms with Crippen LogP contribution in [0.1, 0.15) is 25.0 Å². The lowest BCUT2D eigenvalue weighted by atomic mass is 10.1. The van der Waals surface area contributed by atoms with Crippen LogP contribution in [0.3, 0.4) is 0 Å².